The molecule has 0 amide bonds. The second-order valence-electron chi connectivity index (χ2n) is 5.11. The highest BCUT2D eigenvalue weighted by atomic mass is 15.0. The van der Waals surface area contributed by atoms with E-state index in [1.54, 1.807) is 12.7 Å². The van der Waals surface area contributed by atoms with Crippen LogP contribution in [-0.2, 0) is 7.05 Å². The number of aromatic nitrogens is 6. The van der Waals surface area contributed by atoms with Gasteiger partial charge >= 0.3 is 0 Å². The summed E-state index contributed by atoms with van der Waals surface area (Å²) in [6, 6.07) is 4.21. The monoisotopic (exact) mass is 274 g/mol. The van der Waals surface area contributed by atoms with Gasteiger partial charge in [-0.15, -0.1) is 0 Å². The highest BCUT2D eigenvalue weighted by molar-refractivity contribution is 6.23. The minimum Gasteiger partial charge on any atom is -0.341 e. The molecule has 0 spiro atoms. The van der Waals surface area contributed by atoms with Crippen LogP contribution in [0.5, 0.6) is 0 Å². The second-order valence-corrected chi connectivity index (χ2v) is 5.11. The van der Waals surface area contributed by atoms with Crippen LogP contribution < -0.4 is 0 Å². The third kappa shape index (κ3) is 1.22. The predicted molar refractivity (Wildman–Crippen MR) is 81.0 cm³/mol. The van der Waals surface area contributed by atoms with E-state index in [0.717, 1.165) is 43.9 Å². The van der Waals surface area contributed by atoms with Crippen LogP contribution in [0.1, 0.15) is 0 Å². The lowest BCUT2D eigenvalue weighted by Crippen LogP contribution is -1.87. The van der Waals surface area contributed by atoms with Crippen LogP contribution in [0.25, 0.3) is 43.9 Å². The lowest BCUT2D eigenvalue weighted by molar-refractivity contribution is 1.00. The number of hydrogen-bond donors (Lipinski definition) is 1. The van der Waals surface area contributed by atoms with Crippen molar-refractivity contribution in [1.29, 1.82) is 0 Å². The van der Waals surface area contributed by atoms with Gasteiger partial charge in [-0.25, -0.2) is 19.9 Å². The van der Waals surface area contributed by atoms with Crippen molar-refractivity contribution in [3.8, 4) is 0 Å². The number of rotatable bonds is 0. The Hall–Kier alpha value is -3.02. The predicted octanol–water partition coefficient (Wildman–Crippen LogP) is 2.55. The SMILES string of the molecule is Cn1c2cncnc2c2c3[nH]c4ncncc4c3ccc21. The highest BCUT2D eigenvalue weighted by Crippen LogP contribution is 2.34. The zero-order valence-corrected chi connectivity index (χ0v) is 11.2. The van der Waals surface area contributed by atoms with Crippen molar-refractivity contribution < 1.29 is 0 Å². The van der Waals surface area contributed by atoms with Crippen molar-refractivity contribution in [3.05, 3.63) is 37.2 Å². The Morgan fingerprint density at radius 1 is 0.952 bits per heavy atom. The van der Waals surface area contributed by atoms with Crippen molar-refractivity contribution in [2.24, 2.45) is 7.05 Å². The normalized spacial score (nSPS) is 12.0. The fourth-order valence-electron chi connectivity index (χ4n) is 3.10. The summed E-state index contributed by atoms with van der Waals surface area (Å²) in [5.74, 6) is 0. The molecule has 0 aliphatic heterocycles. The third-order valence-electron chi connectivity index (χ3n) is 4.08. The van der Waals surface area contributed by atoms with Crippen LogP contribution in [0.3, 0.4) is 0 Å². The molecule has 0 fully saturated rings. The summed E-state index contributed by atoms with van der Waals surface area (Å²) < 4.78 is 2.11. The minimum absolute atomic E-state index is 0.846. The average Bonchev–Trinajstić information content (AvgIpc) is 3.04. The largest absolute Gasteiger partial charge is 0.341 e. The summed E-state index contributed by atoms with van der Waals surface area (Å²) in [6.45, 7) is 0. The van der Waals surface area contributed by atoms with Gasteiger partial charge in [-0.3, -0.25) is 0 Å². The molecule has 4 heterocycles. The minimum atomic E-state index is 0.846. The molecule has 5 rings (SSSR count). The van der Waals surface area contributed by atoms with Crippen LogP contribution in [0, 0.1) is 0 Å². The Balaban J connectivity index is 2.16. The highest BCUT2D eigenvalue weighted by Gasteiger charge is 2.15. The van der Waals surface area contributed by atoms with E-state index in [1.807, 2.05) is 19.4 Å². The van der Waals surface area contributed by atoms with Crippen LogP contribution in [0.4, 0.5) is 0 Å². The van der Waals surface area contributed by atoms with Crippen LogP contribution >= 0.6 is 0 Å². The molecule has 1 aromatic carbocycles. The van der Waals surface area contributed by atoms with E-state index in [2.05, 4.69) is 41.6 Å². The van der Waals surface area contributed by atoms with E-state index < -0.39 is 0 Å². The van der Waals surface area contributed by atoms with Gasteiger partial charge in [0.25, 0.3) is 0 Å². The number of fused-ring (bicyclic) bond motifs is 7. The van der Waals surface area contributed by atoms with E-state index >= 15 is 0 Å². The summed E-state index contributed by atoms with van der Waals surface area (Å²) in [7, 11) is 2.03. The maximum absolute atomic E-state index is 4.46. The van der Waals surface area contributed by atoms with E-state index in [-0.39, 0.29) is 0 Å². The fourth-order valence-corrected chi connectivity index (χ4v) is 3.10. The van der Waals surface area contributed by atoms with Crippen molar-refractivity contribution in [2.75, 3.05) is 0 Å². The first-order valence-corrected chi connectivity index (χ1v) is 6.63. The molecule has 0 aliphatic carbocycles. The molecule has 0 radical (unpaired) electrons. The van der Waals surface area contributed by atoms with Crippen molar-refractivity contribution in [1.82, 2.24) is 29.5 Å². The summed E-state index contributed by atoms with van der Waals surface area (Å²) in [6.07, 6.45) is 6.83. The summed E-state index contributed by atoms with van der Waals surface area (Å²) in [4.78, 5) is 20.4. The Kier molecular flexibility index (Phi) is 1.81. The van der Waals surface area contributed by atoms with Gasteiger partial charge < -0.3 is 9.55 Å². The second kappa shape index (κ2) is 3.54. The maximum Gasteiger partial charge on any atom is 0.141 e. The van der Waals surface area contributed by atoms with E-state index in [9.17, 15) is 0 Å². The van der Waals surface area contributed by atoms with Gasteiger partial charge in [-0.1, -0.05) is 0 Å². The van der Waals surface area contributed by atoms with Gasteiger partial charge in [0.2, 0.25) is 0 Å². The molecule has 21 heavy (non-hydrogen) atoms. The summed E-state index contributed by atoms with van der Waals surface area (Å²) in [5, 5.41) is 3.25. The van der Waals surface area contributed by atoms with Crippen molar-refractivity contribution in [3.63, 3.8) is 0 Å². The van der Waals surface area contributed by atoms with Gasteiger partial charge in [-0.05, 0) is 12.1 Å². The standard InChI is InChI=1S/C15H10N6/c1-21-10-3-2-8-9-4-16-7-19-15(9)20-13(8)12(10)14-11(21)5-17-6-18-14/h2-7H,1H3,(H,16,19,20). The molecule has 4 aromatic heterocycles. The molecule has 0 saturated carbocycles. The van der Waals surface area contributed by atoms with Gasteiger partial charge in [0.1, 0.15) is 23.8 Å². The van der Waals surface area contributed by atoms with Crippen LogP contribution in [-0.4, -0.2) is 29.5 Å². The van der Waals surface area contributed by atoms with E-state index in [0.29, 0.717) is 0 Å². The quantitative estimate of drug-likeness (QED) is 0.471. The maximum atomic E-state index is 4.46. The van der Waals surface area contributed by atoms with E-state index in [1.165, 1.54) is 0 Å². The van der Waals surface area contributed by atoms with Gasteiger partial charge in [-0.2, -0.15) is 0 Å². The number of nitrogens with zero attached hydrogens (tertiary/aromatic N) is 5. The Labute approximate surface area is 118 Å². The molecular weight excluding hydrogens is 264 g/mol. The number of aryl methyl sites for hydroxylation is 1. The molecule has 5 aromatic rings. The molecule has 0 atom stereocenters. The van der Waals surface area contributed by atoms with Crippen molar-refractivity contribution in [2.45, 2.75) is 0 Å². The smallest absolute Gasteiger partial charge is 0.141 e. The van der Waals surface area contributed by atoms with E-state index in [4.69, 9.17) is 0 Å². The molecule has 0 bridgehead atoms. The first-order valence-electron chi connectivity index (χ1n) is 6.63. The van der Waals surface area contributed by atoms with Gasteiger partial charge in [0.05, 0.1) is 28.1 Å². The topological polar surface area (TPSA) is 72.3 Å². The Morgan fingerprint density at radius 3 is 2.76 bits per heavy atom. The van der Waals surface area contributed by atoms with Crippen LogP contribution in [0.15, 0.2) is 37.2 Å². The summed E-state index contributed by atoms with van der Waals surface area (Å²) >= 11 is 0. The summed E-state index contributed by atoms with van der Waals surface area (Å²) in [5.41, 5.74) is 4.99. The Bertz CT molecular complexity index is 1150. The molecular formula is C15H10N6. The molecule has 0 aliphatic rings. The molecule has 0 unspecified atom stereocenters. The number of H-pyrrole nitrogens is 1. The number of hydrogen-bond acceptors (Lipinski definition) is 4. The lowest BCUT2D eigenvalue weighted by atomic mass is 10.1. The first-order chi connectivity index (χ1) is 10.3. The van der Waals surface area contributed by atoms with Crippen molar-refractivity contribution >= 4 is 43.9 Å². The average molecular weight is 274 g/mol. The molecule has 100 valence electrons. The van der Waals surface area contributed by atoms with Gasteiger partial charge in [0, 0.05) is 24.0 Å². The number of benzene rings is 1. The lowest BCUT2D eigenvalue weighted by Gasteiger charge is -1.97. The molecule has 6 heteroatoms. The molecule has 0 saturated heterocycles. The van der Waals surface area contributed by atoms with Crippen LogP contribution in [0.2, 0.25) is 0 Å². The zero-order valence-electron chi connectivity index (χ0n) is 11.2. The molecule has 1 N–H and O–H groups in total. The number of nitrogens with one attached hydrogen (secondary N) is 1. The molecule has 6 nitrogen and oxygen atoms in total. The number of aromatic amines is 1. The Morgan fingerprint density at radius 2 is 1.81 bits per heavy atom. The fraction of sp³-hybridized carbons (Fsp3) is 0.0667. The first kappa shape index (κ1) is 10.7. The van der Waals surface area contributed by atoms with Gasteiger partial charge in [0.15, 0.2) is 0 Å². The zero-order chi connectivity index (χ0) is 14.0. The third-order valence-corrected chi connectivity index (χ3v) is 4.08.